The fourth-order valence-electron chi connectivity index (χ4n) is 2.54. The third-order valence-corrected chi connectivity index (χ3v) is 3.74. The number of fused-ring (bicyclic) bond motifs is 1. The molecule has 0 radical (unpaired) electrons. The first-order valence-corrected chi connectivity index (χ1v) is 7.50. The molecule has 6 nitrogen and oxygen atoms in total. The van der Waals surface area contributed by atoms with Crippen molar-refractivity contribution < 1.29 is 19.0 Å². The number of anilines is 1. The van der Waals surface area contributed by atoms with Crippen molar-refractivity contribution in [2.24, 2.45) is 5.73 Å². The van der Waals surface area contributed by atoms with Crippen molar-refractivity contribution in [1.82, 2.24) is 4.98 Å². The zero-order valence-electron chi connectivity index (χ0n) is 13.4. The second-order valence-electron chi connectivity index (χ2n) is 5.38. The minimum Gasteiger partial charge on any atom is -0.495 e. The standard InChI is InChI=1S/C18H16FN3O3/c1-25-16-6-7-21-15(16)8-12-17-11(3-2-10(20)9-23)13(19)4-5-14(17)22-18(12)24/h4-8,10,21,23H,9,20H2,1H3,(H,22,24)/b12-8-/t10-/m0/s1. The monoisotopic (exact) mass is 341 g/mol. The number of aliphatic hydroxyl groups excluding tert-OH is 1. The van der Waals surface area contributed by atoms with Crippen LogP contribution in [0.1, 0.15) is 16.8 Å². The molecule has 0 saturated carbocycles. The molecule has 25 heavy (non-hydrogen) atoms. The van der Waals surface area contributed by atoms with E-state index >= 15 is 0 Å². The molecule has 1 aromatic heterocycles. The van der Waals surface area contributed by atoms with E-state index in [2.05, 4.69) is 22.1 Å². The molecule has 2 heterocycles. The molecule has 3 rings (SSSR count). The summed E-state index contributed by atoms with van der Waals surface area (Å²) in [5.74, 6) is 4.83. The molecule has 2 aromatic rings. The molecular weight excluding hydrogens is 325 g/mol. The summed E-state index contributed by atoms with van der Waals surface area (Å²) in [5, 5.41) is 11.7. The first-order chi connectivity index (χ1) is 12.0. The molecule has 0 spiro atoms. The van der Waals surface area contributed by atoms with Crippen molar-refractivity contribution in [1.29, 1.82) is 0 Å². The number of nitrogens with one attached hydrogen (secondary N) is 2. The normalized spacial score (nSPS) is 15.4. The van der Waals surface area contributed by atoms with Crippen LogP contribution in [0.3, 0.4) is 0 Å². The topological polar surface area (TPSA) is 100 Å². The molecule has 128 valence electrons. The van der Waals surface area contributed by atoms with E-state index in [-0.39, 0.29) is 23.7 Å². The van der Waals surface area contributed by atoms with Crippen LogP contribution < -0.4 is 15.8 Å². The van der Waals surface area contributed by atoms with Crippen LogP contribution in [-0.4, -0.2) is 35.8 Å². The van der Waals surface area contributed by atoms with Crippen molar-refractivity contribution in [3.8, 4) is 17.6 Å². The summed E-state index contributed by atoms with van der Waals surface area (Å²) in [7, 11) is 1.51. The van der Waals surface area contributed by atoms with Gasteiger partial charge in [0.25, 0.3) is 5.91 Å². The number of hydrogen-bond donors (Lipinski definition) is 4. The van der Waals surface area contributed by atoms with Gasteiger partial charge in [0.2, 0.25) is 0 Å². The first kappa shape index (κ1) is 16.8. The van der Waals surface area contributed by atoms with E-state index in [0.29, 0.717) is 22.7 Å². The van der Waals surface area contributed by atoms with E-state index in [1.165, 1.54) is 19.2 Å². The summed E-state index contributed by atoms with van der Waals surface area (Å²) in [6.45, 7) is -0.344. The maximum atomic E-state index is 14.3. The van der Waals surface area contributed by atoms with Gasteiger partial charge in [-0.25, -0.2) is 4.39 Å². The number of aromatic amines is 1. The van der Waals surface area contributed by atoms with Gasteiger partial charge in [-0.1, -0.05) is 11.8 Å². The van der Waals surface area contributed by atoms with Crippen molar-refractivity contribution in [3.63, 3.8) is 0 Å². The molecule has 5 N–H and O–H groups in total. The van der Waals surface area contributed by atoms with Gasteiger partial charge in [-0.05, 0) is 24.3 Å². The number of halogens is 1. The van der Waals surface area contributed by atoms with Gasteiger partial charge in [0, 0.05) is 11.8 Å². The number of rotatable bonds is 3. The average molecular weight is 341 g/mol. The Labute approximate surface area is 143 Å². The lowest BCUT2D eigenvalue weighted by Crippen LogP contribution is -2.21. The van der Waals surface area contributed by atoms with Gasteiger partial charge < -0.3 is 25.9 Å². The molecule has 1 amide bonds. The molecule has 0 bridgehead atoms. The first-order valence-electron chi connectivity index (χ1n) is 7.50. The van der Waals surface area contributed by atoms with Crippen LogP contribution in [0.4, 0.5) is 10.1 Å². The maximum absolute atomic E-state index is 14.3. The number of ether oxygens (including phenoxy) is 1. The Balaban J connectivity index is 2.16. The fourth-order valence-corrected chi connectivity index (χ4v) is 2.54. The Morgan fingerprint density at radius 2 is 2.24 bits per heavy atom. The van der Waals surface area contributed by atoms with Gasteiger partial charge in [0.05, 0.1) is 42.3 Å². The minimum absolute atomic E-state index is 0.0523. The number of hydrogen-bond acceptors (Lipinski definition) is 4. The van der Waals surface area contributed by atoms with E-state index in [9.17, 15) is 9.18 Å². The number of carbonyl (C=O) groups is 1. The highest BCUT2D eigenvalue weighted by atomic mass is 19.1. The third-order valence-electron chi connectivity index (χ3n) is 3.74. The van der Waals surface area contributed by atoms with Crippen LogP contribution in [0, 0.1) is 17.7 Å². The Bertz CT molecular complexity index is 921. The van der Waals surface area contributed by atoms with E-state index in [1.54, 1.807) is 18.3 Å². The molecule has 0 aliphatic carbocycles. The molecule has 7 heteroatoms. The molecule has 1 atom stereocenters. The quantitative estimate of drug-likeness (QED) is 0.500. The zero-order valence-corrected chi connectivity index (χ0v) is 13.4. The number of H-pyrrole nitrogens is 1. The number of benzene rings is 1. The third kappa shape index (κ3) is 3.13. The number of carbonyl (C=O) groups excluding carboxylic acids is 1. The molecule has 1 aromatic carbocycles. The highest BCUT2D eigenvalue weighted by Gasteiger charge is 2.28. The summed E-state index contributed by atoms with van der Waals surface area (Å²) < 4.78 is 19.5. The van der Waals surface area contributed by atoms with Crippen molar-refractivity contribution >= 4 is 23.2 Å². The fraction of sp³-hybridized carbons (Fsp3) is 0.167. The van der Waals surface area contributed by atoms with Gasteiger partial charge >= 0.3 is 0 Å². The van der Waals surface area contributed by atoms with Crippen LogP contribution in [0.15, 0.2) is 24.4 Å². The Hall–Kier alpha value is -3.08. The number of amides is 1. The molecule has 0 saturated heterocycles. The summed E-state index contributed by atoms with van der Waals surface area (Å²) in [6, 6.07) is 3.63. The largest absolute Gasteiger partial charge is 0.495 e. The van der Waals surface area contributed by atoms with Crippen molar-refractivity contribution in [3.05, 3.63) is 47.0 Å². The van der Waals surface area contributed by atoms with Crippen LogP contribution in [0.5, 0.6) is 5.75 Å². The molecule has 0 unspecified atom stereocenters. The number of methoxy groups -OCH3 is 1. The maximum Gasteiger partial charge on any atom is 0.256 e. The minimum atomic E-state index is -0.795. The van der Waals surface area contributed by atoms with E-state index in [4.69, 9.17) is 15.6 Å². The van der Waals surface area contributed by atoms with Gasteiger partial charge in [0.15, 0.2) is 0 Å². The van der Waals surface area contributed by atoms with Crippen LogP contribution >= 0.6 is 0 Å². The highest BCUT2D eigenvalue weighted by molar-refractivity contribution is 6.35. The van der Waals surface area contributed by atoms with E-state index < -0.39 is 11.9 Å². The van der Waals surface area contributed by atoms with Gasteiger partial charge in [-0.2, -0.15) is 0 Å². The lowest BCUT2D eigenvalue weighted by Gasteiger charge is -2.05. The summed E-state index contributed by atoms with van der Waals surface area (Å²) in [5.41, 5.74) is 7.28. The SMILES string of the molecule is COc1cc[nH]c1/C=C1\C(=O)Nc2ccc(F)c(C#C[C@H](N)CO)c21. The van der Waals surface area contributed by atoms with Gasteiger partial charge in [-0.3, -0.25) is 4.79 Å². The Morgan fingerprint density at radius 1 is 1.44 bits per heavy atom. The molecule has 1 aliphatic rings. The van der Waals surface area contributed by atoms with Crippen LogP contribution in [0.25, 0.3) is 11.6 Å². The molecule has 0 fully saturated rings. The van der Waals surface area contributed by atoms with E-state index in [1.807, 2.05) is 0 Å². The summed E-state index contributed by atoms with van der Waals surface area (Å²) in [4.78, 5) is 15.3. The molecule has 1 aliphatic heterocycles. The van der Waals surface area contributed by atoms with Gasteiger partial charge in [-0.15, -0.1) is 0 Å². The summed E-state index contributed by atoms with van der Waals surface area (Å²) >= 11 is 0. The summed E-state index contributed by atoms with van der Waals surface area (Å²) in [6.07, 6.45) is 3.25. The predicted molar refractivity (Wildman–Crippen MR) is 92.2 cm³/mol. The van der Waals surface area contributed by atoms with E-state index in [0.717, 1.165) is 0 Å². The van der Waals surface area contributed by atoms with Crippen LogP contribution in [0.2, 0.25) is 0 Å². The lowest BCUT2D eigenvalue weighted by molar-refractivity contribution is -0.110. The lowest BCUT2D eigenvalue weighted by atomic mass is 9.99. The Morgan fingerprint density at radius 3 is 2.96 bits per heavy atom. The smallest absolute Gasteiger partial charge is 0.256 e. The zero-order chi connectivity index (χ0) is 18.0. The molecular formula is C18H16FN3O3. The van der Waals surface area contributed by atoms with Crippen LogP contribution in [-0.2, 0) is 4.79 Å². The second-order valence-corrected chi connectivity index (χ2v) is 5.38. The highest BCUT2D eigenvalue weighted by Crippen LogP contribution is 2.37. The number of aromatic nitrogens is 1. The average Bonchev–Trinajstić information content (AvgIpc) is 3.18. The predicted octanol–water partition coefficient (Wildman–Crippen LogP) is 1.33. The van der Waals surface area contributed by atoms with Gasteiger partial charge in [0.1, 0.15) is 11.6 Å². The number of aliphatic hydroxyl groups is 1. The Kier molecular flexibility index (Phi) is 4.57. The van der Waals surface area contributed by atoms with Crippen molar-refractivity contribution in [2.45, 2.75) is 6.04 Å². The van der Waals surface area contributed by atoms with Crippen molar-refractivity contribution in [2.75, 3.05) is 19.0 Å². The second kappa shape index (κ2) is 6.81. The number of nitrogens with two attached hydrogens (primary N) is 1.